The van der Waals surface area contributed by atoms with Crippen molar-refractivity contribution >= 4 is 52.4 Å². The third-order valence-corrected chi connectivity index (χ3v) is 9.30. The largest absolute Gasteiger partial charge is 0.457 e. The quantitative estimate of drug-likeness (QED) is 0.227. The summed E-state index contributed by atoms with van der Waals surface area (Å²) in [6.07, 6.45) is 2.89. The molecular weight excluding hydrogens is 629 g/mol. The Bertz CT molecular complexity index is 1680. The summed E-state index contributed by atoms with van der Waals surface area (Å²) in [5, 5.41) is 18.5. The summed E-state index contributed by atoms with van der Waals surface area (Å²) in [4.78, 5) is 50.7. The number of rotatable bonds is 9. The van der Waals surface area contributed by atoms with Crippen LogP contribution in [0.3, 0.4) is 0 Å². The molecule has 3 N–H and O–H groups in total. The number of nitrogens with zero attached hydrogens (tertiary/aromatic N) is 6. The molecule has 0 spiro atoms. The number of aromatic nitrogens is 4. The van der Waals surface area contributed by atoms with E-state index in [4.69, 9.17) is 16.3 Å². The maximum absolute atomic E-state index is 14.8. The lowest BCUT2D eigenvalue weighted by Crippen LogP contribution is -2.60. The number of anilines is 4. The van der Waals surface area contributed by atoms with Crippen LogP contribution in [0.1, 0.15) is 33.6 Å². The molecule has 3 aromatic rings. The number of ether oxygens (including phenoxy) is 1. The molecule has 2 aromatic heterocycles. The summed E-state index contributed by atoms with van der Waals surface area (Å²) in [5.41, 5.74) is -0.748. The normalized spacial score (nSPS) is 26.0. The fourth-order valence-corrected chi connectivity index (χ4v) is 6.65. The van der Waals surface area contributed by atoms with Gasteiger partial charge >= 0.3 is 5.97 Å². The van der Waals surface area contributed by atoms with Crippen molar-refractivity contribution in [2.24, 2.45) is 11.3 Å². The molecule has 248 valence electrons. The van der Waals surface area contributed by atoms with Crippen LogP contribution in [-0.4, -0.2) is 94.1 Å². The number of amides is 1. The molecule has 1 aromatic carbocycles. The predicted molar refractivity (Wildman–Crippen MR) is 174 cm³/mol. The van der Waals surface area contributed by atoms with Crippen LogP contribution in [0.15, 0.2) is 36.7 Å². The fourth-order valence-electron chi connectivity index (χ4n) is 6.48. The molecule has 1 saturated carbocycles. The first kappa shape index (κ1) is 32.7. The van der Waals surface area contributed by atoms with Crippen molar-refractivity contribution in [2.75, 3.05) is 48.8 Å². The second-order valence-corrected chi connectivity index (χ2v) is 13.4. The van der Waals surface area contributed by atoms with E-state index in [1.165, 1.54) is 31.5 Å². The number of Topliss-reactive ketones (excluding diaryl/α,β-unsaturated/α-hetero) is 1. The van der Waals surface area contributed by atoms with Crippen LogP contribution < -0.4 is 20.9 Å². The van der Waals surface area contributed by atoms with Crippen molar-refractivity contribution in [3.8, 4) is 11.3 Å². The molecule has 6 rings (SSSR count). The van der Waals surface area contributed by atoms with Gasteiger partial charge < -0.3 is 25.6 Å². The number of carbonyl (C=O) groups is 3. The van der Waals surface area contributed by atoms with Crippen molar-refractivity contribution in [1.29, 1.82) is 0 Å². The lowest BCUT2D eigenvalue weighted by Gasteiger charge is -2.47. The van der Waals surface area contributed by atoms with E-state index in [-0.39, 0.29) is 47.8 Å². The minimum absolute atomic E-state index is 0.0435. The molecule has 0 bridgehead atoms. The highest BCUT2D eigenvalue weighted by Crippen LogP contribution is 2.36. The van der Waals surface area contributed by atoms with Crippen molar-refractivity contribution in [3.05, 3.63) is 47.5 Å². The van der Waals surface area contributed by atoms with Gasteiger partial charge in [-0.05, 0) is 57.9 Å². The Balaban J connectivity index is 1.20. The first-order valence-corrected chi connectivity index (χ1v) is 15.9. The maximum atomic E-state index is 14.8. The second kappa shape index (κ2) is 13.1. The van der Waals surface area contributed by atoms with E-state index >= 15 is 0 Å². The maximum Gasteiger partial charge on any atom is 0.321 e. The van der Waals surface area contributed by atoms with E-state index < -0.39 is 17.2 Å². The highest BCUT2D eigenvalue weighted by Gasteiger charge is 2.49. The van der Waals surface area contributed by atoms with Crippen LogP contribution >= 0.6 is 11.6 Å². The molecule has 3 aliphatic rings. The van der Waals surface area contributed by atoms with Crippen LogP contribution in [0.4, 0.5) is 27.5 Å². The van der Waals surface area contributed by atoms with E-state index in [1.54, 1.807) is 24.1 Å². The molecule has 13 nitrogen and oxygen atoms in total. The van der Waals surface area contributed by atoms with Gasteiger partial charge in [0.2, 0.25) is 5.91 Å². The van der Waals surface area contributed by atoms with E-state index in [9.17, 15) is 18.8 Å². The molecular formula is C32H37ClFN9O4. The first-order valence-electron chi connectivity index (χ1n) is 15.5. The van der Waals surface area contributed by atoms with Crippen molar-refractivity contribution in [3.63, 3.8) is 0 Å². The van der Waals surface area contributed by atoms with Crippen molar-refractivity contribution in [1.82, 2.24) is 30.4 Å². The van der Waals surface area contributed by atoms with Gasteiger partial charge in [-0.25, -0.2) is 14.4 Å². The van der Waals surface area contributed by atoms with Gasteiger partial charge in [0, 0.05) is 67.4 Å². The molecule has 47 heavy (non-hydrogen) atoms. The third kappa shape index (κ3) is 6.90. The van der Waals surface area contributed by atoms with Crippen molar-refractivity contribution < 1.29 is 23.5 Å². The number of hydrogen-bond acceptors (Lipinski definition) is 12. The molecule has 3 fully saturated rings. The van der Waals surface area contributed by atoms with Crippen LogP contribution in [0.25, 0.3) is 11.3 Å². The fraction of sp³-hybridized carbons (Fsp3) is 0.469. The summed E-state index contributed by atoms with van der Waals surface area (Å²) < 4.78 is 19.8. The number of esters is 1. The Morgan fingerprint density at radius 2 is 1.85 bits per heavy atom. The van der Waals surface area contributed by atoms with Crippen LogP contribution in [-0.2, 0) is 19.1 Å². The van der Waals surface area contributed by atoms with Gasteiger partial charge in [-0.1, -0.05) is 11.6 Å². The zero-order chi connectivity index (χ0) is 33.5. The minimum Gasteiger partial charge on any atom is -0.457 e. The molecule has 0 radical (unpaired) electrons. The lowest BCUT2D eigenvalue weighted by molar-refractivity contribution is -0.145. The zero-order valence-corrected chi connectivity index (χ0v) is 27.3. The monoisotopic (exact) mass is 665 g/mol. The Morgan fingerprint density at radius 3 is 2.55 bits per heavy atom. The number of nitrogens with one attached hydrogen (secondary N) is 3. The van der Waals surface area contributed by atoms with Gasteiger partial charge in [-0.3, -0.25) is 19.3 Å². The van der Waals surface area contributed by atoms with E-state index in [0.29, 0.717) is 40.5 Å². The Hall–Kier alpha value is -4.27. The first-order chi connectivity index (χ1) is 22.4. The van der Waals surface area contributed by atoms with Crippen LogP contribution in [0.5, 0.6) is 0 Å². The second-order valence-electron chi connectivity index (χ2n) is 12.9. The van der Waals surface area contributed by atoms with E-state index in [2.05, 4.69) is 54.9 Å². The number of piperazine rings is 1. The van der Waals surface area contributed by atoms with Gasteiger partial charge in [-0.15, -0.1) is 10.2 Å². The topological polar surface area (TPSA) is 155 Å². The highest BCUT2D eigenvalue weighted by atomic mass is 35.5. The standard InChI is InChI=1S/C32H37ClFN9O4/c1-17-12-43(13-18(2)37-17)21-7-19(8-21)30(45)39-28-11-27(35-16-36-28)38-25-10-24(22-9-20(33)5-6-23(22)34)40-41-29(25)42(4)15-32(3)26(44)14-47-31(32)46/h5-6,9-11,16-19,21,37H,7-8,12-15H2,1-4H3,(H2,35,36,38,39,40,45). The molecule has 15 heteroatoms. The number of carbonyl (C=O) groups excluding carboxylic acids is 3. The summed E-state index contributed by atoms with van der Waals surface area (Å²) in [5.74, 6) is -0.856. The van der Waals surface area contributed by atoms with Gasteiger partial charge in [-0.2, -0.15) is 0 Å². The summed E-state index contributed by atoms with van der Waals surface area (Å²) >= 11 is 6.14. The van der Waals surface area contributed by atoms with Gasteiger partial charge in [0.15, 0.2) is 18.2 Å². The molecule has 3 atom stereocenters. The third-order valence-electron chi connectivity index (χ3n) is 9.06. The van der Waals surface area contributed by atoms with Gasteiger partial charge in [0.25, 0.3) is 0 Å². The number of cyclic esters (lactones) is 1. The summed E-state index contributed by atoms with van der Waals surface area (Å²) in [6, 6.07) is 8.47. The lowest BCUT2D eigenvalue weighted by atomic mass is 9.78. The Labute approximate surface area is 276 Å². The number of hydrogen-bond donors (Lipinski definition) is 3. The average molecular weight is 666 g/mol. The molecule has 1 amide bonds. The molecule has 3 unspecified atom stereocenters. The minimum atomic E-state index is -1.40. The predicted octanol–water partition coefficient (Wildman–Crippen LogP) is 3.44. The van der Waals surface area contributed by atoms with Gasteiger partial charge in [0.05, 0.1) is 11.4 Å². The van der Waals surface area contributed by atoms with E-state index in [0.717, 1.165) is 25.9 Å². The highest BCUT2D eigenvalue weighted by molar-refractivity contribution is 6.30. The number of benzene rings is 1. The average Bonchev–Trinajstić information content (AvgIpc) is 3.24. The number of halogens is 2. The van der Waals surface area contributed by atoms with E-state index in [1.807, 2.05) is 0 Å². The summed E-state index contributed by atoms with van der Waals surface area (Å²) in [7, 11) is 1.65. The molecule has 4 heterocycles. The summed E-state index contributed by atoms with van der Waals surface area (Å²) in [6.45, 7) is 7.48. The molecule has 1 aliphatic carbocycles. The van der Waals surface area contributed by atoms with Crippen LogP contribution in [0.2, 0.25) is 5.02 Å². The Morgan fingerprint density at radius 1 is 1.13 bits per heavy atom. The smallest absolute Gasteiger partial charge is 0.321 e. The molecule has 2 aliphatic heterocycles. The van der Waals surface area contributed by atoms with Crippen molar-refractivity contribution in [2.45, 2.75) is 51.7 Å². The Kier molecular flexibility index (Phi) is 9.09. The number of ketones is 1. The van der Waals surface area contributed by atoms with Crippen LogP contribution in [0, 0.1) is 17.2 Å². The van der Waals surface area contributed by atoms with Gasteiger partial charge in [0.1, 0.15) is 29.2 Å². The zero-order valence-electron chi connectivity index (χ0n) is 26.6. The molecule has 2 saturated heterocycles. The SMILES string of the molecule is CC1CN(C2CC(C(=O)Nc3cc(Nc4cc(-c5cc(Cl)ccc5F)nnc4N(C)CC4(C)C(=O)COC4=O)ncn3)C2)CC(C)N1.